The minimum absolute atomic E-state index is 0.00768. The number of hydrogen-bond donors (Lipinski definition) is 1. The van der Waals surface area contributed by atoms with Crippen LogP contribution in [-0.4, -0.2) is 15.4 Å². The summed E-state index contributed by atoms with van der Waals surface area (Å²) in [5.74, 6) is -0.350. The third-order valence-corrected chi connectivity index (χ3v) is 4.61. The van der Waals surface area contributed by atoms with Crippen molar-refractivity contribution in [2.45, 2.75) is 6.92 Å². The number of carbonyl (C=O) groups excluding carboxylic acids is 1. The zero-order valence-electron chi connectivity index (χ0n) is 11.4. The van der Waals surface area contributed by atoms with E-state index in [0.717, 1.165) is 22.4 Å². The summed E-state index contributed by atoms with van der Waals surface area (Å²) in [6.07, 6.45) is 0. The van der Waals surface area contributed by atoms with E-state index in [-0.39, 0.29) is 20.8 Å². The summed E-state index contributed by atoms with van der Waals surface area (Å²) in [6, 6.07) is 8.27. The minimum Gasteiger partial charge on any atom is -0.399 e. The van der Waals surface area contributed by atoms with Crippen molar-refractivity contribution >= 4 is 51.1 Å². The van der Waals surface area contributed by atoms with Crippen molar-refractivity contribution in [3.63, 3.8) is 0 Å². The van der Waals surface area contributed by atoms with E-state index in [2.05, 4.69) is 0 Å². The number of aryl methyl sites for hydroxylation is 1. The number of nitrogens with zero attached hydrogens (tertiary/aromatic N) is 2. The Hall–Kier alpha value is -2.38. The Labute approximate surface area is 133 Å². The maximum atomic E-state index is 12.7. The molecule has 0 spiro atoms. The van der Waals surface area contributed by atoms with Crippen LogP contribution in [-0.2, 0) is 0 Å². The molecule has 0 bridgehead atoms. The van der Waals surface area contributed by atoms with Crippen LogP contribution in [0.4, 0.5) is 11.4 Å². The highest BCUT2D eigenvalue weighted by atomic mass is 35.5. The summed E-state index contributed by atoms with van der Waals surface area (Å²) in [7, 11) is 0. The fourth-order valence-corrected chi connectivity index (χ4v) is 3.49. The summed E-state index contributed by atoms with van der Waals surface area (Å²) in [4.78, 5) is 23.1. The molecule has 2 N–H and O–H groups in total. The first-order valence-corrected chi connectivity index (χ1v) is 7.44. The first-order valence-electron chi connectivity index (χ1n) is 6.24. The molecule has 0 fully saturated rings. The topological polar surface area (TPSA) is 91.2 Å². The molecule has 0 radical (unpaired) electrons. The monoisotopic (exact) mass is 335 g/mol. The third-order valence-electron chi connectivity index (χ3n) is 3.29. The van der Waals surface area contributed by atoms with Gasteiger partial charge in [0.1, 0.15) is 4.88 Å². The van der Waals surface area contributed by atoms with Gasteiger partial charge in [-0.05, 0) is 31.2 Å². The molecule has 0 aliphatic heterocycles. The van der Waals surface area contributed by atoms with Crippen molar-refractivity contribution in [3.05, 3.63) is 55.4 Å². The number of nitrogens with two attached hydrogens (primary N) is 1. The Morgan fingerprint density at radius 1 is 1.36 bits per heavy atom. The predicted molar refractivity (Wildman–Crippen MR) is 86.8 cm³/mol. The van der Waals surface area contributed by atoms with Gasteiger partial charge < -0.3 is 5.73 Å². The third kappa shape index (κ3) is 2.24. The highest BCUT2D eigenvalue weighted by Crippen LogP contribution is 2.35. The summed E-state index contributed by atoms with van der Waals surface area (Å²) < 4.78 is 1.49. The average Bonchev–Trinajstić information content (AvgIpc) is 2.97. The predicted octanol–water partition coefficient (Wildman–Crippen LogP) is 3.84. The molecule has 6 nitrogen and oxygen atoms in total. The standard InChI is InChI=1S/C14H10ClN3O3S/c1-7-4-8-5-9(16)2-3-10(8)17(7)14(19)12-6-11(18(20)21)13(15)22-12/h2-6H,16H2,1H3. The lowest BCUT2D eigenvalue weighted by Crippen LogP contribution is -2.11. The minimum atomic E-state index is -0.600. The zero-order chi connectivity index (χ0) is 16.0. The molecule has 0 saturated heterocycles. The van der Waals surface area contributed by atoms with Crippen LogP contribution in [0.1, 0.15) is 15.4 Å². The van der Waals surface area contributed by atoms with Crippen molar-refractivity contribution < 1.29 is 9.72 Å². The van der Waals surface area contributed by atoms with Gasteiger partial charge in [-0.2, -0.15) is 0 Å². The van der Waals surface area contributed by atoms with Crippen LogP contribution in [0, 0.1) is 17.0 Å². The molecule has 3 aromatic rings. The van der Waals surface area contributed by atoms with Gasteiger partial charge in [-0.1, -0.05) is 11.6 Å². The second-order valence-electron chi connectivity index (χ2n) is 4.77. The van der Waals surface area contributed by atoms with Crippen LogP contribution >= 0.6 is 22.9 Å². The molecule has 112 valence electrons. The van der Waals surface area contributed by atoms with Crippen molar-refractivity contribution in [3.8, 4) is 0 Å². The Kier molecular flexibility index (Phi) is 3.38. The van der Waals surface area contributed by atoms with Gasteiger partial charge in [-0.25, -0.2) is 0 Å². The Bertz CT molecular complexity index is 929. The number of fused-ring (bicyclic) bond motifs is 1. The van der Waals surface area contributed by atoms with Crippen molar-refractivity contribution in [1.29, 1.82) is 0 Å². The number of nitro groups is 1. The largest absolute Gasteiger partial charge is 0.399 e. The molecular weight excluding hydrogens is 326 g/mol. The van der Waals surface area contributed by atoms with E-state index in [0.29, 0.717) is 11.2 Å². The van der Waals surface area contributed by atoms with Gasteiger partial charge in [0.05, 0.1) is 10.4 Å². The van der Waals surface area contributed by atoms with E-state index >= 15 is 0 Å². The number of nitrogen functional groups attached to an aromatic ring is 1. The molecule has 2 heterocycles. The number of rotatable bonds is 2. The number of benzene rings is 1. The van der Waals surface area contributed by atoms with Crippen molar-refractivity contribution in [2.24, 2.45) is 0 Å². The molecular formula is C14H10ClN3O3S. The quantitative estimate of drug-likeness (QED) is 0.437. The second-order valence-corrected chi connectivity index (χ2v) is 6.43. The second kappa shape index (κ2) is 5.11. The van der Waals surface area contributed by atoms with Crippen LogP contribution in [0.2, 0.25) is 4.34 Å². The Morgan fingerprint density at radius 3 is 2.73 bits per heavy atom. The van der Waals surface area contributed by atoms with Gasteiger partial charge in [-0.3, -0.25) is 19.5 Å². The summed E-state index contributed by atoms with van der Waals surface area (Å²) >= 11 is 6.72. The highest BCUT2D eigenvalue weighted by molar-refractivity contribution is 7.18. The zero-order valence-corrected chi connectivity index (χ0v) is 12.9. The van der Waals surface area contributed by atoms with Gasteiger partial charge in [-0.15, -0.1) is 11.3 Å². The van der Waals surface area contributed by atoms with Gasteiger partial charge >= 0.3 is 0 Å². The summed E-state index contributed by atoms with van der Waals surface area (Å²) in [5, 5.41) is 11.7. The number of hydrogen-bond acceptors (Lipinski definition) is 5. The smallest absolute Gasteiger partial charge is 0.299 e. The molecule has 0 unspecified atom stereocenters. The molecule has 22 heavy (non-hydrogen) atoms. The van der Waals surface area contributed by atoms with E-state index in [1.165, 1.54) is 10.6 Å². The number of carbonyl (C=O) groups is 1. The summed E-state index contributed by atoms with van der Waals surface area (Å²) in [5.41, 5.74) is 7.51. The lowest BCUT2D eigenvalue weighted by atomic mass is 10.2. The van der Waals surface area contributed by atoms with Crippen LogP contribution in [0.3, 0.4) is 0 Å². The SMILES string of the molecule is Cc1cc2cc(N)ccc2n1C(=O)c1cc([N+](=O)[O-])c(Cl)s1. The molecule has 2 aromatic heterocycles. The average molecular weight is 336 g/mol. The molecule has 3 rings (SSSR count). The highest BCUT2D eigenvalue weighted by Gasteiger charge is 2.23. The maximum absolute atomic E-state index is 12.7. The van der Waals surface area contributed by atoms with Gasteiger partial charge in [0.15, 0.2) is 4.34 Å². The molecule has 0 amide bonds. The fourth-order valence-electron chi connectivity index (χ4n) is 2.34. The van der Waals surface area contributed by atoms with Crippen LogP contribution < -0.4 is 5.73 Å². The van der Waals surface area contributed by atoms with E-state index < -0.39 is 4.92 Å². The van der Waals surface area contributed by atoms with Crippen molar-refractivity contribution in [2.75, 3.05) is 5.73 Å². The maximum Gasteiger partial charge on any atom is 0.299 e. The van der Waals surface area contributed by atoms with E-state index in [1.54, 1.807) is 25.1 Å². The molecule has 0 aliphatic rings. The Morgan fingerprint density at radius 2 is 2.09 bits per heavy atom. The van der Waals surface area contributed by atoms with E-state index in [9.17, 15) is 14.9 Å². The number of halogens is 1. The Balaban J connectivity index is 2.15. The number of thiophene rings is 1. The number of aromatic nitrogens is 1. The summed E-state index contributed by atoms with van der Waals surface area (Å²) in [6.45, 7) is 1.79. The van der Waals surface area contributed by atoms with Crippen molar-refractivity contribution in [1.82, 2.24) is 4.57 Å². The fraction of sp³-hybridized carbons (Fsp3) is 0.0714. The van der Waals surface area contributed by atoms with Gasteiger partial charge in [0.25, 0.3) is 11.6 Å². The molecule has 8 heteroatoms. The molecule has 1 aromatic carbocycles. The van der Waals surface area contributed by atoms with Crippen LogP contribution in [0.15, 0.2) is 30.3 Å². The molecule has 0 atom stereocenters. The first-order chi connectivity index (χ1) is 10.4. The first kappa shape index (κ1) is 14.6. The van der Waals surface area contributed by atoms with E-state index in [1.807, 2.05) is 6.07 Å². The molecule has 0 aliphatic carbocycles. The lowest BCUT2D eigenvalue weighted by molar-refractivity contribution is -0.384. The number of anilines is 1. The van der Waals surface area contributed by atoms with Crippen LogP contribution in [0.25, 0.3) is 10.9 Å². The van der Waals surface area contributed by atoms with Crippen LogP contribution in [0.5, 0.6) is 0 Å². The van der Waals surface area contributed by atoms with E-state index in [4.69, 9.17) is 17.3 Å². The molecule has 0 saturated carbocycles. The normalized spacial score (nSPS) is 11.0. The van der Waals surface area contributed by atoms with Gasteiger partial charge in [0.2, 0.25) is 0 Å². The van der Waals surface area contributed by atoms with Gasteiger partial charge in [0, 0.05) is 22.8 Å². The lowest BCUT2D eigenvalue weighted by Gasteiger charge is -2.04.